The number of anilines is 1. The lowest BCUT2D eigenvalue weighted by Gasteiger charge is -2.21. The van der Waals surface area contributed by atoms with E-state index >= 15 is 0 Å². The van der Waals surface area contributed by atoms with Gasteiger partial charge in [-0.15, -0.1) is 0 Å². The molecule has 140 valence electrons. The van der Waals surface area contributed by atoms with Gasteiger partial charge in [-0.05, 0) is 48.7 Å². The SMILES string of the molecule is O=S1(=O)Nc2ccccc2C(NCCC(O)CCO)c2ccc(Cl)cc21. The van der Waals surface area contributed by atoms with Crippen molar-refractivity contribution in [2.24, 2.45) is 0 Å². The van der Waals surface area contributed by atoms with E-state index in [-0.39, 0.29) is 17.5 Å². The van der Waals surface area contributed by atoms with Crippen LogP contribution >= 0.6 is 11.6 Å². The Balaban J connectivity index is 1.99. The molecular weight excluding hydrogens is 376 g/mol. The molecule has 1 aliphatic rings. The first-order valence-electron chi connectivity index (χ1n) is 8.36. The maximum absolute atomic E-state index is 12.8. The molecular formula is C18H21ClN2O4S. The van der Waals surface area contributed by atoms with Gasteiger partial charge in [0.05, 0.1) is 22.7 Å². The Morgan fingerprint density at radius 2 is 1.92 bits per heavy atom. The number of fused-ring (bicyclic) bond motifs is 2. The summed E-state index contributed by atoms with van der Waals surface area (Å²) in [6, 6.07) is 11.7. The van der Waals surface area contributed by atoms with E-state index in [1.807, 2.05) is 12.1 Å². The van der Waals surface area contributed by atoms with Gasteiger partial charge in [0.2, 0.25) is 0 Å². The summed E-state index contributed by atoms with van der Waals surface area (Å²) in [4.78, 5) is 0.134. The van der Waals surface area contributed by atoms with Crippen molar-refractivity contribution in [3.05, 3.63) is 58.6 Å². The molecule has 0 radical (unpaired) electrons. The summed E-state index contributed by atoms with van der Waals surface area (Å²) in [6.45, 7) is 0.388. The van der Waals surface area contributed by atoms with Crippen LogP contribution in [0.15, 0.2) is 47.4 Å². The van der Waals surface area contributed by atoms with Crippen LogP contribution in [-0.2, 0) is 10.0 Å². The van der Waals surface area contributed by atoms with E-state index in [0.717, 1.165) is 5.56 Å². The Bertz CT molecular complexity index is 889. The van der Waals surface area contributed by atoms with Gasteiger partial charge in [0.15, 0.2) is 0 Å². The van der Waals surface area contributed by atoms with Crippen molar-refractivity contribution in [2.45, 2.75) is 29.9 Å². The molecule has 0 spiro atoms. The summed E-state index contributed by atoms with van der Waals surface area (Å²) in [5.74, 6) is 0. The van der Waals surface area contributed by atoms with Crippen molar-refractivity contribution in [2.75, 3.05) is 17.9 Å². The molecule has 4 N–H and O–H groups in total. The zero-order chi connectivity index (χ0) is 18.7. The number of hydrogen-bond donors (Lipinski definition) is 4. The van der Waals surface area contributed by atoms with Crippen molar-refractivity contribution < 1.29 is 18.6 Å². The van der Waals surface area contributed by atoms with Gasteiger partial charge in [-0.25, -0.2) is 8.42 Å². The molecule has 2 aromatic rings. The molecule has 0 bridgehead atoms. The molecule has 0 fully saturated rings. The molecule has 2 aromatic carbocycles. The van der Waals surface area contributed by atoms with Gasteiger partial charge in [-0.2, -0.15) is 0 Å². The molecule has 1 aliphatic heterocycles. The summed E-state index contributed by atoms with van der Waals surface area (Å²) in [6.07, 6.45) is 0.146. The third-order valence-electron chi connectivity index (χ3n) is 4.38. The Labute approximate surface area is 157 Å². The lowest BCUT2D eigenvalue weighted by atomic mass is 9.97. The highest BCUT2D eigenvalue weighted by Crippen LogP contribution is 2.38. The van der Waals surface area contributed by atoms with Crippen LogP contribution in [0.25, 0.3) is 0 Å². The lowest BCUT2D eigenvalue weighted by molar-refractivity contribution is 0.124. The molecule has 0 amide bonds. The minimum atomic E-state index is -3.75. The van der Waals surface area contributed by atoms with Crippen molar-refractivity contribution in [3.63, 3.8) is 0 Å². The molecule has 6 nitrogen and oxygen atoms in total. The zero-order valence-electron chi connectivity index (χ0n) is 14.0. The zero-order valence-corrected chi connectivity index (χ0v) is 15.6. The fourth-order valence-corrected chi connectivity index (χ4v) is 4.70. The second-order valence-electron chi connectivity index (χ2n) is 6.22. The predicted molar refractivity (Wildman–Crippen MR) is 101 cm³/mol. The molecule has 2 unspecified atom stereocenters. The van der Waals surface area contributed by atoms with Gasteiger partial charge in [0.1, 0.15) is 0 Å². The Morgan fingerprint density at radius 1 is 1.15 bits per heavy atom. The molecule has 3 rings (SSSR count). The maximum Gasteiger partial charge on any atom is 0.262 e. The number of aliphatic hydroxyl groups is 2. The first-order chi connectivity index (χ1) is 12.4. The topological polar surface area (TPSA) is 98.7 Å². The number of sulfonamides is 1. The second-order valence-corrected chi connectivity index (χ2v) is 8.30. The number of hydrogen-bond acceptors (Lipinski definition) is 5. The fraction of sp³-hybridized carbons (Fsp3) is 0.333. The molecule has 8 heteroatoms. The normalized spacial score (nSPS) is 19.0. The van der Waals surface area contributed by atoms with Crippen molar-refractivity contribution in [1.82, 2.24) is 5.32 Å². The quantitative estimate of drug-likeness (QED) is 0.600. The minimum absolute atomic E-state index is 0.0725. The molecule has 2 atom stereocenters. The van der Waals surface area contributed by atoms with Crippen LogP contribution in [-0.4, -0.2) is 37.9 Å². The maximum atomic E-state index is 12.8. The number of para-hydroxylation sites is 1. The molecule has 0 saturated heterocycles. The highest BCUT2D eigenvalue weighted by atomic mass is 35.5. The van der Waals surface area contributed by atoms with E-state index in [9.17, 15) is 13.5 Å². The van der Waals surface area contributed by atoms with E-state index < -0.39 is 16.1 Å². The average molecular weight is 397 g/mol. The Morgan fingerprint density at radius 3 is 2.69 bits per heavy atom. The smallest absolute Gasteiger partial charge is 0.262 e. The third kappa shape index (κ3) is 4.02. The molecule has 26 heavy (non-hydrogen) atoms. The van der Waals surface area contributed by atoms with Gasteiger partial charge in [-0.1, -0.05) is 35.9 Å². The van der Waals surface area contributed by atoms with Crippen LogP contribution in [0.4, 0.5) is 5.69 Å². The lowest BCUT2D eigenvalue weighted by Crippen LogP contribution is -2.27. The molecule has 0 aliphatic carbocycles. The fourth-order valence-electron chi connectivity index (χ4n) is 3.10. The van der Waals surface area contributed by atoms with Gasteiger partial charge in [0.25, 0.3) is 10.0 Å². The predicted octanol–water partition coefficient (Wildman–Crippen LogP) is 2.27. The first-order valence-corrected chi connectivity index (χ1v) is 10.2. The van der Waals surface area contributed by atoms with Crippen LogP contribution < -0.4 is 10.0 Å². The van der Waals surface area contributed by atoms with E-state index in [1.54, 1.807) is 24.3 Å². The van der Waals surface area contributed by atoms with E-state index in [0.29, 0.717) is 35.7 Å². The van der Waals surface area contributed by atoms with Gasteiger partial charge >= 0.3 is 0 Å². The molecule has 1 heterocycles. The largest absolute Gasteiger partial charge is 0.396 e. The third-order valence-corrected chi connectivity index (χ3v) is 6.04. The van der Waals surface area contributed by atoms with Crippen LogP contribution in [0.3, 0.4) is 0 Å². The van der Waals surface area contributed by atoms with E-state index in [1.165, 1.54) is 6.07 Å². The highest BCUT2D eigenvalue weighted by Gasteiger charge is 2.31. The highest BCUT2D eigenvalue weighted by molar-refractivity contribution is 7.92. The summed E-state index contributed by atoms with van der Waals surface area (Å²) < 4.78 is 28.1. The van der Waals surface area contributed by atoms with Crippen LogP contribution in [0.5, 0.6) is 0 Å². The number of rotatable bonds is 6. The van der Waals surface area contributed by atoms with Gasteiger partial charge in [0, 0.05) is 11.6 Å². The number of benzene rings is 2. The second kappa shape index (κ2) is 7.94. The van der Waals surface area contributed by atoms with Crippen LogP contribution in [0, 0.1) is 0 Å². The van der Waals surface area contributed by atoms with Gasteiger partial charge in [-0.3, -0.25) is 4.72 Å². The van der Waals surface area contributed by atoms with E-state index in [4.69, 9.17) is 16.7 Å². The first kappa shape index (κ1) is 19.1. The summed E-state index contributed by atoms with van der Waals surface area (Å²) >= 11 is 6.03. The van der Waals surface area contributed by atoms with Crippen LogP contribution in [0.1, 0.15) is 30.0 Å². The molecule has 0 saturated carbocycles. The average Bonchev–Trinajstić information content (AvgIpc) is 2.68. The standard InChI is InChI=1S/C18H21ClN2O4S/c19-12-5-6-15-17(11-12)26(24,25)21-16-4-2-1-3-14(16)18(15)20-9-7-13(23)8-10-22/h1-6,11,13,18,20-23H,7-10H2. The van der Waals surface area contributed by atoms with Crippen molar-refractivity contribution >= 4 is 27.3 Å². The number of aliphatic hydroxyl groups excluding tert-OH is 2. The summed E-state index contributed by atoms with van der Waals surface area (Å²) in [5, 5.41) is 22.4. The number of halogens is 1. The van der Waals surface area contributed by atoms with E-state index in [2.05, 4.69) is 10.0 Å². The molecule has 0 aromatic heterocycles. The van der Waals surface area contributed by atoms with Crippen molar-refractivity contribution in [1.29, 1.82) is 0 Å². The minimum Gasteiger partial charge on any atom is -0.396 e. The summed E-state index contributed by atoms with van der Waals surface area (Å²) in [5.41, 5.74) is 1.91. The Hall–Kier alpha value is -1.64. The number of nitrogens with one attached hydrogen (secondary N) is 2. The summed E-state index contributed by atoms with van der Waals surface area (Å²) in [7, 11) is -3.75. The van der Waals surface area contributed by atoms with Gasteiger partial charge < -0.3 is 15.5 Å². The monoisotopic (exact) mass is 396 g/mol. The van der Waals surface area contributed by atoms with Crippen molar-refractivity contribution in [3.8, 4) is 0 Å². The Kier molecular flexibility index (Phi) is 5.84. The van der Waals surface area contributed by atoms with Crippen LogP contribution in [0.2, 0.25) is 5.02 Å².